The van der Waals surface area contributed by atoms with Crippen molar-refractivity contribution in [1.29, 1.82) is 0 Å². The molecule has 19 heavy (non-hydrogen) atoms. The van der Waals surface area contributed by atoms with Crippen LogP contribution in [0.1, 0.15) is 26.8 Å². The minimum atomic E-state index is 0.288. The molecule has 0 radical (unpaired) electrons. The molecule has 6 nitrogen and oxygen atoms in total. The van der Waals surface area contributed by atoms with Crippen LogP contribution >= 0.6 is 0 Å². The molecule has 0 aromatic carbocycles. The Hall–Kier alpha value is -2.24. The molecule has 0 spiro atoms. The Morgan fingerprint density at radius 2 is 2.16 bits per heavy atom. The van der Waals surface area contributed by atoms with E-state index in [9.17, 15) is 0 Å². The highest BCUT2D eigenvalue weighted by molar-refractivity contribution is 5.49. The van der Waals surface area contributed by atoms with Crippen molar-refractivity contribution in [3.05, 3.63) is 24.5 Å². The molecular formula is C13H18N4O2. The fourth-order valence-corrected chi connectivity index (χ4v) is 1.52. The van der Waals surface area contributed by atoms with E-state index in [4.69, 9.17) is 15.2 Å². The topological polar surface area (TPSA) is 75.2 Å². The number of aromatic nitrogens is 3. The zero-order valence-corrected chi connectivity index (χ0v) is 11.3. The van der Waals surface area contributed by atoms with Gasteiger partial charge in [0.1, 0.15) is 0 Å². The zero-order chi connectivity index (χ0) is 13.8. The van der Waals surface area contributed by atoms with Crippen LogP contribution in [0.5, 0.6) is 17.5 Å². The van der Waals surface area contributed by atoms with Crippen LogP contribution in [0.2, 0.25) is 0 Å². The molecule has 0 saturated heterocycles. The average molecular weight is 262 g/mol. The minimum Gasteiger partial charge on any atom is -0.476 e. The summed E-state index contributed by atoms with van der Waals surface area (Å²) in [5.74, 6) is 1.45. The lowest BCUT2D eigenvalue weighted by atomic mass is 10.4. The van der Waals surface area contributed by atoms with Crippen LogP contribution in [-0.4, -0.2) is 21.4 Å². The third-order valence-electron chi connectivity index (χ3n) is 2.47. The second-order valence-corrected chi connectivity index (χ2v) is 4.33. The van der Waals surface area contributed by atoms with E-state index in [0.29, 0.717) is 29.8 Å². The van der Waals surface area contributed by atoms with E-state index in [-0.39, 0.29) is 6.04 Å². The van der Waals surface area contributed by atoms with Gasteiger partial charge >= 0.3 is 0 Å². The summed E-state index contributed by atoms with van der Waals surface area (Å²) >= 11 is 0. The largest absolute Gasteiger partial charge is 0.476 e. The van der Waals surface area contributed by atoms with Crippen molar-refractivity contribution in [2.45, 2.75) is 26.8 Å². The van der Waals surface area contributed by atoms with Gasteiger partial charge in [-0.2, -0.15) is 10.1 Å². The van der Waals surface area contributed by atoms with Crippen molar-refractivity contribution in [2.24, 2.45) is 0 Å². The molecule has 102 valence electrons. The van der Waals surface area contributed by atoms with Gasteiger partial charge in [-0.3, -0.25) is 4.68 Å². The monoisotopic (exact) mass is 262 g/mol. The Morgan fingerprint density at radius 1 is 1.37 bits per heavy atom. The first-order chi connectivity index (χ1) is 9.10. The van der Waals surface area contributed by atoms with Crippen molar-refractivity contribution in [3.8, 4) is 17.5 Å². The maximum Gasteiger partial charge on any atom is 0.240 e. The second-order valence-electron chi connectivity index (χ2n) is 4.33. The molecule has 0 aliphatic carbocycles. The van der Waals surface area contributed by atoms with Crippen LogP contribution in [0.3, 0.4) is 0 Å². The minimum absolute atomic E-state index is 0.288. The summed E-state index contributed by atoms with van der Waals surface area (Å²) in [5, 5.41) is 4.20. The second kappa shape index (κ2) is 5.60. The standard InChI is InChI=1S/C13H18N4O2/c1-4-18-13-11(14)5-6-12(16-13)19-10-7-15-17(8-10)9(2)3/h5-9H,4,14H2,1-3H3. The van der Waals surface area contributed by atoms with Crippen LogP contribution in [0.15, 0.2) is 24.5 Å². The fraction of sp³-hybridized carbons (Fsp3) is 0.385. The number of pyridine rings is 1. The maximum atomic E-state index is 5.75. The van der Waals surface area contributed by atoms with Crippen molar-refractivity contribution in [3.63, 3.8) is 0 Å². The van der Waals surface area contributed by atoms with E-state index in [1.165, 1.54) is 0 Å². The molecule has 0 amide bonds. The number of nitrogens with two attached hydrogens (primary N) is 1. The van der Waals surface area contributed by atoms with E-state index in [1.54, 1.807) is 18.3 Å². The lowest BCUT2D eigenvalue weighted by Gasteiger charge is -2.08. The molecule has 0 atom stereocenters. The molecule has 0 bridgehead atoms. The highest BCUT2D eigenvalue weighted by atomic mass is 16.5. The molecule has 0 unspecified atom stereocenters. The summed E-state index contributed by atoms with van der Waals surface area (Å²) in [6, 6.07) is 3.70. The molecule has 2 rings (SSSR count). The summed E-state index contributed by atoms with van der Waals surface area (Å²) in [6.45, 7) is 6.48. The van der Waals surface area contributed by atoms with Crippen LogP contribution in [-0.2, 0) is 0 Å². The molecule has 2 aromatic rings. The van der Waals surface area contributed by atoms with Crippen LogP contribution in [0, 0.1) is 0 Å². The van der Waals surface area contributed by atoms with Crippen molar-refractivity contribution in [1.82, 2.24) is 14.8 Å². The van der Waals surface area contributed by atoms with E-state index < -0.39 is 0 Å². The summed E-state index contributed by atoms with van der Waals surface area (Å²) in [4.78, 5) is 4.20. The smallest absolute Gasteiger partial charge is 0.240 e. The third kappa shape index (κ3) is 3.15. The number of hydrogen-bond donors (Lipinski definition) is 1. The van der Waals surface area contributed by atoms with Crippen LogP contribution < -0.4 is 15.2 Å². The van der Waals surface area contributed by atoms with Gasteiger partial charge in [0.05, 0.1) is 24.7 Å². The van der Waals surface area contributed by atoms with Gasteiger partial charge in [-0.05, 0) is 26.8 Å². The van der Waals surface area contributed by atoms with Gasteiger partial charge in [0.2, 0.25) is 11.8 Å². The van der Waals surface area contributed by atoms with E-state index in [0.717, 1.165) is 0 Å². The van der Waals surface area contributed by atoms with Crippen molar-refractivity contribution >= 4 is 5.69 Å². The number of anilines is 1. The Kier molecular flexibility index (Phi) is 3.89. The Bertz CT molecular complexity index is 551. The summed E-state index contributed by atoms with van der Waals surface area (Å²) in [7, 11) is 0. The molecule has 2 aromatic heterocycles. The summed E-state index contributed by atoms with van der Waals surface area (Å²) in [6.07, 6.45) is 3.47. The molecular weight excluding hydrogens is 244 g/mol. The average Bonchev–Trinajstić information content (AvgIpc) is 2.82. The van der Waals surface area contributed by atoms with E-state index in [1.807, 2.05) is 31.6 Å². The van der Waals surface area contributed by atoms with E-state index >= 15 is 0 Å². The number of rotatable bonds is 5. The first-order valence-corrected chi connectivity index (χ1v) is 6.21. The number of hydrogen-bond acceptors (Lipinski definition) is 5. The SMILES string of the molecule is CCOc1nc(Oc2cnn(C(C)C)c2)ccc1N. The Morgan fingerprint density at radius 3 is 2.79 bits per heavy atom. The first kappa shape index (κ1) is 13.2. The third-order valence-corrected chi connectivity index (χ3v) is 2.47. The normalized spacial score (nSPS) is 10.7. The van der Waals surface area contributed by atoms with Gasteiger partial charge in [0.25, 0.3) is 0 Å². The highest BCUT2D eigenvalue weighted by Gasteiger charge is 2.08. The molecule has 2 heterocycles. The van der Waals surface area contributed by atoms with Gasteiger partial charge in [0, 0.05) is 12.1 Å². The maximum absolute atomic E-state index is 5.75. The van der Waals surface area contributed by atoms with Crippen LogP contribution in [0.4, 0.5) is 5.69 Å². The quantitative estimate of drug-likeness (QED) is 0.896. The van der Waals surface area contributed by atoms with Gasteiger partial charge in [0.15, 0.2) is 5.75 Å². The number of ether oxygens (including phenoxy) is 2. The molecule has 0 aliphatic heterocycles. The number of nitrogen functional groups attached to an aromatic ring is 1. The highest BCUT2D eigenvalue weighted by Crippen LogP contribution is 2.26. The van der Waals surface area contributed by atoms with Crippen molar-refractivity contribution < 1.29 is 9.47 Å². The predicted molar refractivity (Wildman–Crippen MR) is 72.5 cm³/mol. The molecule has 2 N–H and O–H groups in total. The molecule has 6 heteroatoms. The summed E-state index contributed by atoms with van der Waals surface area (Å²) in [5.41, 5.74) is 6.25. The molecule has 0 aliphatic rings. The molecule has 0 fully saturated rings. The van der Waals surface area contributed by atoms with Gasteiger partial charge < -0.3 is 15.2 Å². The van der Waals surface area contributed by atoms with Crippen LogP contribution in [0.25, 0.3) is 0 Å². The lowest BCUT2D eigenvalue weighted by Crippen LogP contribution is -2.00. The van der Waals surface area contributed by atoms with Gasteiger partial charge in [-0.25, -0.2) is 0 Å². The fourth-order valence-electron chi connectivity index (χ4n) is 1.52. The Balaban J connectivity index is 2.15. The van der Waals surface area contributed by atoms with Gasteiger partial charge in [-0.1, -0.05) is 0 Å². The summed E-state index contributed by atoms with van der Waals surface area (Å²) < 4.78 is 12.8. The van der Waals surface area contributed by atoms with E-state index in [2.05, 4.69) is 10.1 Å². The van der Waals surface area contributed by atoms with Crippen molar-refractivity contribution in [2.75, 3.05) is 12.3 Å². The van der Waals surface area contributed by atoms with Gasteiger partial charge in [-0.15, -0.1) is 0 Å². The zero-order valence-electron chi connectivity index (χ0n) is 11.3. The lowest BCUT2D eigenvalue weighted by molar-refractivity contribution is 0.323. The predicted octanol–water partition coefficient (Wildman–Crippen LogP) is 2.63. The Labute approximate surface area is 112 Å². The number of nitrogens with zero attached hydrogens (tertiary/aromatic N) is 3. The molecule has 0 saturated carbocycles. The first-order valence-electron chi connectivity index (χ1n) is 6.21.